The smallest absolute Gasteiger partial charge is 0.255 e. The number of carbonyl (C=O) groups excluding carboxylic acids is 1. The molecule has 0 saturated heterocycles. The number of thioether (sulfide) groups is 1. The van der Waals surface area contributed by atoms with Crippen LogP contribution in [0.15, 0.2) is 53.5 Å². The van der Waals surface area contributed by atoms with E-state index in [2.05, 4.69) is 15.6 Å². The van der Waals surface area contributed by atoms with Crippen LogP contribution in [-0.4, -0.2) is 17.3 Å². The SMILES string of the molecule is CSC(=Nc1cccc(NC(=O)c2cccc(C)c2)c1)NC#N. The average molecular weight is 324 g/mol. The number of amides is 1. The Hall–Kier alpha value is -2.78. The van der Waals surface area contributed by atoms with Gasteiger partial charge in [-0.05, 0) is 43.5 Å². The molecule has 0 aromatic heterocycles. The van der Waals surface area contributed by atoms with E-state index in [1.807, 2.05) is 37.6 Å². The Labute approximate surface area is 139 Å². The van der Waals surface area contributed by atoms with Crippen LogP contribution in [0.3, 0.4) is 0 Å². The van der Waals surface area contributed by atoms with Gasteiger partial charge >= 0.3 is 0 Å². The number of nitriles is 1. The molecule has 0 aliphatic carbocycles. The highest BCUT2D eigenvalue weighted by Crippen LogP contribution is 2.20. The molecule has 2 rings (SSSR count). The molecule has 2 N–H and O–H groups in total. The molecule has 1 amide bonds. The van der Waals surface area contributed by atoms with Crippen LogP contribution in [0.1, 0.15) is 15.9 Å². The molecular weight excluding hydrogens is 308 g/mol. The summed E-state index contributed by atoms with van der Waals surface area (Å²) in [5, 5.41) is 14.5. The summed E-state index contributed by atoms with van der Waals surface area (Å²) in [7, 11) is 0. The van der Waals surface area contributed by atoms with Crippen molar-refractivity contribution in [2.45, 2.75) is 6.92 Å². The molecule has 0 radical (unpaired) electrons. The number of nitrogens with zero attached hydrogens (tertiary/aromatic N) is 2. The van der Waals surface area contributed by atoms with Crippen molar-refractivity contribution >= 4 is 34.2 Å². The van der Waals surface area contributed by atoms with Crippen LogP contribution in [-0.2, 0) is 0 Å². The Morgan fingerprint density at radius 1 is 1.22 bits per heavy atom. The average Bonchev–Trinajstić information content (AvgIpc) is 2.54. The molecule has 0 saturated carbocycles. The van der Waals surface area contributed by atoms with Crippen molar-refractivity contribution in [3.05, 3.63) is 59.7 Å². The maximum absolute atomic E-state index is 12.3. The van der Waals surface area contributed by atoms with Gasteiger partial charge in [-0.2, -0.15) is 5.26 Å². The third-order valence-electron chi connectivity index (χ3n) is 2.97. The van der Waals surface area contributed by atoms with E-state index in [0.29, 0.717) is 22.1 Å². The zero-order valence-electron chi connectivity index (χ0n) is 12.8. The minimum atomic E-state index is -0.171. The first-order chi connectivity index (χ1) is 11.1. The molecule has 0 heterocycles. The van der Waals surface area contributed by atoms with Crippen molar-refractivity contribution in [2.75, 3.05) is 11.6 Å². The van der Waals surface area contributed by atoms with Crippen LogP contribution < -0.4 is 10.6 Å². The van der Waals surface area contributed by atoms with Crippen molar-refractivity contribution in [3.8, 4) is 6.19 Å². The fourth-order valence-corrected chi connectivity index (χ4v) is 2.28. The number of nitrogens with one attached hydrogen (secondary N) is 2. The zero-order valence-corrected chi connectivity index (χ0v) is 13.6. The fourth-order valence-electron chi connectivity index (χ4n) is 1.93. The van der Waals surface area contributed by atoms with E-state index in [1.54, 1.807) is 30.3 Å². The van der Waals surface area contributed by atoms with E-state index in [9.17, 15) is 4.79 Å². The molecular formula is C17H16N4OS. The Balaban J connectivity index is 2.17. The number of rotatable bonds is 3. The van der Waals surface area contributed by atoms with E-state index in [4.69, 9.17) is 5.26 Å². The lowest BCUT2D eigenvalue weighted by Crippen LogP contribution is -2.13. The number of hydrogen-bond donors (Lipinski definition) is 2. The minimum absolute atomic E-state index is 0.171. The van der Waals surface area contributed by atoms with Crippen LogP contribution in [0.5, 0.6) is 0 Å². The van der Waals surface area contributed by atoms with Crippen LogP contribution >= 0.6 is 11.8 Å². The number of aliphatic imine (C=N–C) groups is 1. The molecule has 0 unspecified atom stereocenters. The first kappa shape index (κ1) is 16.6. The Bertz CT molecular complexity index is 780. The van der Waals surface area contributed by atoms with Crippen LogP contribution in [0.2, 0.25) is 0 Å². The van der Waals surface area contributed by atoms with Crippen molar-refractivity contribution in [2.24, 2.45) is 4.99 Å². The normalized spacial score (nSPS) is 10.7. The molecule has 23 heavy (non-hydrogen) atoms. The van der Waals surface area contributed by atoms with Gasteiger partial charge in [0.25, 0.3) is 5.91 Å². The number of aryl methyl sites for hydroxylation is 1. The van der Waals surface area contributed by atoms with Crippen LogP contribution in [0.4, 0.5) is 11.4 Å². The topological polar surface area (TPSA) is 77.3 Å². The highest BCUT2D eigenvalue weighted by atomic mass is 32.2. The van der Waals surface area contributed by atoms with Crippen molar-refractivity contribution in [3.63, 3.8) is 0 Å². The number of carbonyl (C=O) groups is 1. The highest BCUT2D eigenvalue weighted by molar-refractivity contribution is 8.13. The van der Waals surface area contributed by atoms with Crippen molar-refractivity contribution in [1.82, 2.24) is 5.32 Å². The molecule has 6 heteroatoms. The molecule has 116 valence electrons. The first-order valence-electron chi connectivity index (χ1n) is 6.88. The molecule has 2 aromatic rings. The maximum Gasteiger partial charge on any atom is 0.255 e. The summed E-state index contributed by atoms with van der Waals surface area (Å²) in [4.78, 5) is 16.6. The second kappa shape index (κ2) is 8.01. The molecule has 0 spiro atoms. The summed E-state index contributed by atoms with van der Waals surface area (Å²) >= 11 is 1.34. The molecule has 2 aromatic carbocycles. The lowest BCUT2D eigenvalue weighted by molar-refractivity contribution is 0.102. The number of amidine groups is 1. The van der Waals surface area contributed by atoms with Gasteiger partial charge in [0.15, 0.2) is 11.4 Å². The van der Waals surface area contributed by atoms with Gasteiger partial charge in [0.2, 0.25) is 0 Å². The van der Waals surface area contributed by atoms with Crippen molar-refractivity contribution in [1.29, 1.82) is 5.26 Å². The maximum atomic E-state index is 12.3. The van der Waals surface area contributed by atoms with Gasteiger partial charge in [0.1, 0.15) is 0 Å². The van der Waals surface area contributed by atoms with E-state index in [0.717, 1.165) is 5.56 Å². The van der Waals surface area contributed by atoms with Gasteiger partial charge in [0.05, 0.1) is 5.69 Å². The van der Waals surface area contributed by atoms with Crippen molar-refractivity contribution < 1.29 is 4.79 Å². The molecule has 0 atom stereocenters. The fraction of sp³-hybridized carbons (Fsp3) is 0.118. The van der Waals surface area contributed by atoms with Gasteiger partial charge < -0.3 is 5.32 Å². The van der Waals surface area contributed by atoms with E-state index in [-0.39, 0.29) is 5.91 Å². The third kappa shape index (κ3) is 4.87. The van der Waals surface area contributed by atoms with E-state index in [1.165, 1.54) is 11.8 Å². The Morgan fingerprint density at radius 2 is 2.00 bits per heavy atom. The summed E-state index contributed by atoms with van der Waals surface area (Å²) in [5.41, 5.74) is 2.94. The van der Waals surface area contributed by atoms with E-state index >= 15 is 0 Å². The quantitative estimate of drug-likeness (QED) is 0.391. The molecule has 0 bridgehead atoms. The monoisotopic (exact) mass is 324 g/mol. The summed E-state index contributed by atoms with van der Waals surface area (Å²) in [6, 6.07) is 14.5. The number of benzene rings is 2. The van der Waals surface area contributed by atoms with Crippen LogP contribution in [0, 0.1) is 18.4 Å². The lowest BCUT2D eigenvalue weighted by atomic mass is 10.1. The zero-order chi connectivity index (χ0) is 16.7. The largest absolute Gasteiger partial charge is 0.322 e. The molecule has 5 nitrogen and oxygen atoms in total. The molecule has 0 aliphatic rings. The van der Waals surface area contributed by atoms with Gasteiger partial charge in [0, 0.05) is 11.3 Å². The molecule has 0 fully saturated rings. The van der Waals surface area contributed by atoms with Gasteiger partial charge in [-0.1, -0.05) is 35.5 Å². The summed E-state index contributed by atoms with van der Waals surface area (Å²) < 4.78 is 0. The summed E-state index contributed by atoms with van der Waals surface area (Å²) in [6.45, 7) is 1.94. The van der Waals surface area contributed by atoms with Gasteiger partial charge in [-0.15, -0.1) is 0 Å². The Morgan fingerprint density at radius 3 is 2.70 bits per heavy atom. The Kier molecular flexibility index (Phi) is 5.78. The second-order valence-electron chi connectivity index (χ2n) is 4.73. The van der Waals surface area contributed by atoms with Gasteiger partial charge in [-0.3, -0.25) is 10.1 Å². The second-order valence-corrected chi connectivity index (χ2v) is 5.53. The standard InChI is InChI=1S/C17H16N4OS/c1-12-5-3-6-13(9-12)16(22)20-14-7-4-8-15(10-14)21-17(23-2)19-11-18/h3-10H,1-2H3,(H,19,21)(H,20,22). The summed E-state index contributed by atoms with van der Waals surface area (Å²) in [6.07, 6.45) is 3.67. The predicted molar refractivity (Wildman–Crippen MR) is 94.9 cm³/mol. The van der Waals surface area contributed by atoms with E-state index < -0.39 is 0 Å². The number of anilines is 1. The first-order valence-corrected chi connectivity index (χ1v) is 8.10. The van der Waals surface area contributed by atoms with Crippen LogP contribution in [0.25, 0.3) is 0 Å². The summed E-state index contributed by atoms with van der Waals surface area (Å²) in [5.74, 6) is -0.171. The lowest BCUT2D eigenvalue weighted by Gasteiger charge is -2.07. The number of hydrogen-bond acceptors (Lipinski definition) is 4. The molecule has 0 aliphatic heterocycles. The third-order valence-corrected chi connectivity index (χ3v) is 3.55. The predicted octanol–water partition coefficient (Wildman–Crippen LogP) is 3.67. The highest BCUT2D eigenvalue weighted by Gasteiger charge is 2.06. The minimum Gasteiger partial charge on any atom is -0.322 e. The van der Waals surface area contributed by atoms with Gasteiger partial charge in [-0.25, -0.2) is 4.99 Å².